The first-order chi connectivity index (χ1) is 13.5. The Labute approximate surface area is 164 Å². The molecule has 3 rings (SSSR count). The lowest BCUT2D eigenvalue weighted by molar-refractivity contribution is -0.113. The second kappa shape index (κ2) is 8.83. The Balaban J connectivity index is 1.68. The van der Waals surface area contributed by atoms with Crippen molar-refractivity contribution in [2.75, 3.05) is 18.2 Å². The Morgan fingerprint density at radius 3 is 2.57 bits per heavy atom. The van der Waals surface area contributed by atoms with E-state index in [1.165, 1.54) is 17.8 Å². The molecule has 1 aromatic heterocycles. The number of benzene rings is 2. The summed E-state index contributed by atoms with van der Waals surface area (Å²) in [6.45, 7) is 2.57. The number of halogens is 2. The molecule has 0 saturated carbocycles. The van der Waals surface area contributed by atoms with E-state index in [0.717, 1.165) is 23.4 Å². The summed E-state index contributed by atoms with van der Waals surface area (Å²) in [5, 5.41) is 11.4. The molecule has 0 spiro atoms. The van der Waals surface area contributed by atoms with E-state index in [9.17, 15) is 13.6 Å². The van der Waals surface area contributed by atoms with Gasteiger partial charge in [0.25, 0.3) is 0 Å². The number of rotatable bonds is 7. The molecular weight excluding hydrogens is 386 g/mol. The van der Waals surface area contributed by atoms with Crippen LogP contribution in [0.3, 0.4) is 0 Å². The Morgan fingerprint density at radius 1 is 1.18 bits per heavy atom. The first-order valence-electron chi connectivity index (χ1n) is 8.47. The molecule has 0 aliphatic rings. The molecule has 28 heavy (non-hydrogen) atoms. The fraction of sp³-hybridized carbons (Fsp3) is 0.211. The van der Waals surface area contributed by atoms with Gasteiger partial charge < -0.3 is 14.6 Å². The smallest absolute Gasteiger partial charge is 0.234 e. The van der Waals surface area contributed by atoms with E-state index in [0.29, 0.717) is 17.5 Å². The number of thioether (sulfide) groups is 1. The number of nitrogens with one attached hydrogen (secondary N) is 1. The van der Waals surface area contributed by atoms with Crippen LogP contribution in [-0.4, -0.2) is 33.5 Å². The first-order valence-corrected chi connectivity index (χ1v) is 9.45. The summed E-state index contributed by atoms with van der Waals surface area (Å²) in [6, 6.07) is 10.4. The van der Waals surface area contributed by atoms with E-state index in [4.69, 9.17) is 4.74 Å². The van der Waals surface area contributed by atoms with Crippen molar-refractivity contribution in [1.29, 1.82) is 0 Å². The fourth-order valence-corrected chi connectivity index (χ4v) is 3.34. The van der Waals surface area contributed by atoms with Crippen LogP contribution in [0.25, 0.3) is 11.4 Å². The van der Waals surface area contributed by atoms with Crippen molar-refractivity contribution in [3.8, 4) is 17.1 Å². The molecule has 0 saturated heterocycles. The minimum Gasteiger partial charge on any atom is -0.497 e. The lowest BCUT2D eigenvalue weighted by Gasteiger charge is -2.09. The molecule has 0 fully saturated rings. The average molecular weight is 404 g/mol. The van der Waals surface area contributed by atoms with Gasteiger partial charge >= 0.3 is 0 Å². The number of ether oxygens (including phenoxy) is 1. The maximum atomic E-state index is 13.6. The zero-order valence-corrected chi connectivity index (χ0v) is 16.1. The highest BCUT2D eigenvalue weighted by molar-refractivity contribution is 7.99. The van der Waals surface area contributed by atoms with Crippen LogP contribution in [-0.2, 0) is 11.3 Å². The summed E-state index contributed by atoms with van der Waals surface area (Å²) in [5.74, 6) is -0.517. The summed E-state index contributed by atoms with van der Waals surface area (Å²) in [6.07, 6.45) is 0. The van der Waals surface area contributed by atoms with Crippen LogP contribution >= 0.6 is 11.8 Å². The van der Waals surface area contributed by atoms with E-state index < -0.39 is 17.5 Å². The Bertz CT molecular complexity index is 977. The maximum absolute atomic E-state index is 13.6. The average Bonchev–Trinajstić information content (AvgIpc) is 3.11. The third kappa shape index (κ3) is 4.48. The van der Waals surface area contributed by atoms with Gasteiger partial charge in [-0.1, -0.05) is 11.8 Å². The number of methoxy groups -OCH3 is 1. The monoisotopic (exact) mass is 404 g/mol. The first kappa shape index (κ1) is 19.8. The standard InChI is InChI=1S/C19H18F2N4O2S/c1-3-25-18(12-4-7-14(27-2)8-5-12)23-24-19(25)28-11-17(26)22-16-9-6-13(20)10-15(16)21/h4-10H,3,11H2,1-2H3,(H,22,26). The highest BCUT2D eigenvalue weighted by atomic mass is 32.2. The minimum absolute atomic E-state index is 0.0115. The number of carbonyl (C=O) groups excluding carboxylic acids is 1. The zero-order valence-electron chi connectivity index (χ0n) is 15.3. The number of hydrogen-bond acceptors (Lipinski definition) is 5. The van der Waals surface area contributed by atoms with Gasteiger partial charge in [0.2, 0.25) is 5.91 Å². The molecular formula is C19H18F2N4O2S. The van der Waals surface area contributed by atoms with Crippen molar-refractivity contribution < 1.29 is 18.3 Å². The zero-order chi connectivity index (χ0) is 20.1. The Kier molecular flexibility index (Phi) is 6.25. The van der Waals surface area contributed by atoms with Crippen LogP contribution in [0.1, 0.15) is 6.92 Å². The van der Waals surface area contributed by atoms with Gasteiger partial charge in [0.05, 0.1) is 18.6 Å². The van der Waals surface area contributed by atoms with Crippen LogP contribution < -0.4 is 10.1 Å². The summed E-state index contributed by atoms with van der Waals surface area (Å²) in [4.78, 5) is 12.1. The molecule has 3 aromatic rings. The van der Waals surface area contributed by atoms with Gasteiger partial charge in [0.15, 0.2) is 11.0 Å². The van der Waals surface area contributed by atoms with Gasteiger partial charge in [-0.25, -0.2) is 8.78 Å². The van der Waals surface area contributed by atoms with Gasteiger partial charge in [0.1, 0.15) is 17.4 Å². The maximum Gasteiger partial charge on any atom is 0.234 e. The molecule has 0 unspecified atom stereocenters. The van der Waals surface area contributed by atoms with Crippen molar-refractivity contribution in [3.05, 3.63) is 54.1 Å². The molecule has 0 bridgehead atoms. The predicted molar refractivity (Wildman–Crippen MR) is 103 cm³/mol. The molecule has 9 heteroatoms. The highest BCUT2D eigenvalue weighted by Gasteiger charge is 2.15. The van der Waals surface area contributed by atoms with E-state index in [-0.39, 0.29) is 11.4 Å². The molecule has 146 valence electrons. The van der Waals surface area contributed by atoms with Crippen molar-refractivity contribution >= 4 is 23.4 Å². The second-order valence-corrected chi connectivity index (χ2v) is 6.68. The van der Waals surface area contributed by atoms with E-state index in [1.807, 2.05) is 35.8 Å². The molecule has 0 aliphatic carbocycles. The third-order valence-electron chi connectivity index (χ3n) is 3.92. The number of carbonyl (C=O) groups is 1. The Morgan fingerprint density at radius 2 is 1.93 bits per heavy atom. The summed E-state index contributed by atoms with van der Waals surface area (Å²) in [5.41, 5.74) is 0.808. The number of nitrogens with zero attached hydrogens (tertiary/aromatic N) is 3. The largest absolute Gasteiger partial charge is 0.497 e. The molecule has 0 radical (unpaired) electrons. The second-order valence-electron chi connectivity index (χ2n) is 5.74. The number of anilines is 1. The van der Waals surface area contributed by atoms with Crippen molar-refractivity contribution in [1.82, 2.24) is 14.8 Å². The molecule has 0 atom stereocenters. The van der Waals surface area contributed by atoms with Gasteiger partial charge in [-0.2, -0.15) is 0 Å². The van der Waals surface area contributed by atoms with Gasteiger partial charge in [-0.3, -0.25) is 4.79 Å². The number of aromatic nitrogens is 3. The summed E-state index contributed by atoms with van der Waals surface area (Å²) >= 11 is 1.19. The molecule has 6 nitrogen and oxygen atoms in total. The van der Waals surface area contributed by atoms with Crippen molar-refractivity contribution in [2.24, 2.45) is 0 Å². The normalized spacial score (nSPS) is 10.7. The topological polar surface area (TPSA) is 69.0 Å². The van der Waals surface area contributed by atoms with E-state index in [1.54, 1.807) is 7.11 Å². The minimum atomic E-state index is -0.822. The number of hydrogen-bond donors (Lipinski definition) is 1. The Hall–Kier alpha value is -2.94. The van der Waals surface area contributed by atoms with Gasteiger partial charge in [0, 0.05) is 18.2 Å². The van der Waals surface area contributed by atoms with Crippen molar-refractivity contribution in [3.63, 3.8) is 0 Å². The molecule has 1 amide bonds. The SMILES string of the molecule is CCn1c(SCC(=O)Nc2ccc(F)cc2F)nnc1-c1ccc(OC)cc1. The predicted octanol–water partition coefficient (Wildman–Crippen LogP) is 3.98. The quantitative estimate of drug-likeness (QED) is 0.603. The lowest BCUT2D eigenvalue weighted by atomic mass is 10.2. The number of amides is 1. The molecule has 0 aliphatic heterocycles. The molecule has 2 aromatic carbocycles. The third-order valence-corrected chi connectivity index (χ3v) is 4.89. The summed E-state index contributed by atoms with van der Waals surface area (Å²) < 4.78 is 33.6. The van der Waals surface area contributed by atoms with Crippen molar-refractivity contribution in [2.45, 2.75) is 18.6 Å². The van der Waals surface area contributed by atoms with E-state index >= 15 is 0 Å². The van der Waals surface area contributed by atoms with E-state index in [2.05, 4.69) is 15.5 Å². The van der Waals surface area contributed by atoms with Gasteiger partial charge in [-0.15, -0.1) is 10.2 Å². The van der Waals surface area contributed by atoms with Crippen LogP contribution in [0.15, 0.2) is 47.6 Å². The molecule has 1 heterocycles. The van der Waals surface area contributed by atoms with Crippen LogP contribution in [0.2, 0.25) is 0 Å². The van der Waals surface area contributed by atoms with Crippen LogP contribution in [0.5, 0.6) is 5.75 Å². The lowest BCUT2D eigenvalue weighted by Crippen LogP contribution is -2.15. The van der Waals surface area contributed by atoms with Crippen LogP contribution in [0.4, 0.5) is 14.5 Å². The van der Waals surface area contributed by atoms with Gasteiger partial charge in [-0.05, 0) is 43.3 Å². The summed E-state index contributed by atoms with van der Waals surface area (Å²) in [7, 11) is 1.60. The highest BCUT2D eigenvalue weighted by Crippen LogP contribution is 2.26. The fourth-order valence-electron chi connectivity index (χ4n) is 2.54. The van der Waals surface area contributed by atoms with Crippen LogP contribution in [0, 0.1) is 11.6 Å². The molecule has 1 N–H and O–H groups in total.